The summed E-state index contributed by atoms with van der Waals surface area (Å²) in [6.45, 7) is 3.99. The molecule has 0 aromatic rings. The minimum atomic E-state index is 0. The Morgan fingerprint density at radius 2 is 1.73 bits per heavy atom. The second-order valence-corrected chi connectivity index (χ2v) is 1.85. The number of hydrogen-bond acceptors (Lipinski definition) is 1. The van der Waals surface area contributed by atoms with Crippen LogP contribution < -0.4 is 0 Å². The Labute approximate surface area is 71.8 Å². The normalized spacial score (nSPS) is 12.6. The molecule has 11 heavy (non-hydrogen) atoms. The van der Waals surface area contributed by atoms with Crippen molar-refractivity contribution in [2.45, 2.75) is 34.8 Å². The molecule has 0 aromatic heterocycles. The predicted molar refractivity (Wildman–Crippen MR) is 53.9 cm³/mol. The van der Waals surface area contributed by atoms with E-state index in [0.717, 1.165) is 0 Å². The van der Waals surface area contributed by atoms with Crippen LogP contribution in [0, 0.1) is 0 Å². The summed E-state index contributed by atoms with van der Waals surface area (Å²) >= 11 is 0. The van der Waals surface area contributed by atoms with Crippen LogP contribution >= 0.6 is 0 Å². The molecule has 0 bridgehead atoms. The Hall–Kier alpha value is -0.560. The zero-order chi connectivity index (χ0) is 7.11. The van der Waals surface area contributed by atoms with Gasteiger partial charge in [0.25, 0.3) is 0 Å². The Kier molecular flexibility index (Phi) is 18.6. The Morgan fingerprint density at radius 1 is 1.18 bits per heavy atom. The molecule has 1 heteroatoms. The van der Waals surface area contributed by atoms with Crippen molar-refractivity contribution in [2.24, 2.45) is 0 Å². The van der Waals surface area contributed by atoms with Crippen LogP contribution in [-0.2, 0) is 4.74 Å². The van der Waals surface area contributed by atoms with E-state index >= 15 is 0 Å². The minimum absolute atomic E-state index is 0. The van der Waals surface area contributed by atoms with Gasteiger partial charge in [-0.1, -0.05) is 39.2 Å². The molecule has 0 aromatic carbocycles. The van der Waals surface area contributed by atoms with Crippen molar-refractivity contribution in [2.75, 3.05) is 7.11 Å². The largest absolute Gasteiger partial charge is 0.378 e. The van der Waals surface area contributed by atoms with Gasteiger partial charge < -0.3 is 4.74 Å². The van der Waals surface area contributed by atoms with Crippen LogP contribution in [-0.4, -0.2) is 13.2 Å². The van der Waals surface area contributed by atoms with Crippen LogP contribution in [0.4, 0.5) is 0 Å². The van der Waals surface area contributed by atoms with Crippen LogP contribution in [0.3, 0.4) is 0 Å². The van der Waals surface area contributed by atoms with Gasteiger partial charge in [0.1, 0.15) is 0 Å². The molecule has 0 N–H and O–H groups in total. The molecule has 1 nitrogen and oxygen atoms in total. The quantitative estimate of drug-likeness (QED) is 0.572. The summed E-state index contributed by atoms with van der Waals surface area (Å²) in [6, 6.07) is 0. The smallest absolute Gasteiger partial charge is 0.0726 e. The number of rotatable bonds is 3. The molecular formula is C10H22O. The third kappa shape index (κ3) is 12.6. The van der Waals surface area contributed by atoms with Gasteiger partial charge in [-0.2, -0.15) is 0 Å². The van der Waals surface area contributed by atoms with E-state index in [2.05, 4.69) is 0 Å². The molecule has 1 atom stereocenters. The molecule has 0 heterocycles. The summed E-state index contributed by atoms with van der Waals surface area (Å²) in [7, 11) is 1.70. The van der Waals surface area contributed by atoms with Crippen molar-refractivity contribution in [3.8, 4) is 0 Å². The van der Waals surface area contributed by atoms with Crippen LogP contribution in [0.5, 0.6) is 0 Å². The number of hydrogen-bond donors (Lipinski definition) is 0. The minimum Gasteiger partial charge on any atom is -0.378 e. The van der Waals surface area contributed by atoms with Gasteiger partial charge in [0.15, 0.2) is 0 Å². The SMILES string of the molecule is C.C.CC=CC=CC(C)OC. The van der Waals surface area contributed by atoms with Crippen molar-refractivity contribution in [3.05, 3.63) is 24.3 Å². The van der Waals surface area contributed by atoms with Gasteiger partial charge in [-0.15, -0.1) is 0 Å². The van der Waals surface area contributed by atoms with E-state index in [1.54, 1.807) is 7.11 Å². The molecule has 0 aliphatic heterocycles. The summed E-state index contributed by atoms with van der Waals surface area (Å²) in [4.78, 5) is 0. The molecule has 0 amide bonds. The second kappa shape index (κ2) is 12.1. The molecule has 1 unspecified atom stereocenters. The highest BCUT2D eigenvalue weighted by molar-refractivity contribution is 5.02. The lowest BCUT2D eigenvalue weighted by atomic mass is 10.3. The number of methoxy groups -OCH3 is 1. The topological polar surface area (TPSA) is 9.23 Å². The van der Waals surface area contributed by atoms with E-state index in [-0.39, 0.29) is 21.0 Å². The van der Waals surface area contributed by atoms with Crippen molar-refractivity contribution in [1.29, 1.82) is 0 Å². The maximum absolute atomic E-state index is 4.98. The molecule has 0 aliphatic rings. The first-order valence-corrected chi connectivity index (χ1v) is 3.13. The van der Waals surface area contributed by atoms with Crippen molar-refractivity contribution in [3.63, 3.8) is 0 Å². The van der Waals surface area contributed by atoms with E-state index in [9.17, 15) is 0 Å². The van der Waals surface area contributed by atoms with Crippen molar-refractivity contribution in [1.82, 2.24) is 0 Å². The van der Waals surface area contributed by atoms with Crippen molar-refractivity contribution < 1.29 is 4.74 Å². The monoisotopic (exact) mass is 158 g/mol. The van der Waals surface area contributed by atoms with E-state index in [1.165, 1.54) is 0 Å². The molecule has 0 saturated heterocycles. The highest BCUT2D eigenvalue weighted by atomic mass is 16.5. The summed E-state index contributed by atoms with van der Waals surface area (Å²) in [6.07, 6.45) is 8.17. The van der Waals surface area contributed by atoms with E-state index in [0.29, 0.717) is 0 Å². The molecule has 0 saturated carbocycles. The van der Waals surface area contributed by atoms with Crippen LogP contribution in [0.2, 0.25) is 0 Å². The van der Waals surface area contributed by atoms with E-state index in [4.69, 9.17) is 4.74 Å². The molecule has 0 radical (unpaired) electrons. The lowest BCUT2D eigenvalue weighted by Crippen LogP contribution is -1.97. The standard InChI is InChI=1S/C8H14O.2CH4/c1-4-5-6-7-8(2)9-3;;/h4-8H,1-3H3;2*1H4. The van der Waals surface area contributed by atoms with Crippen LogP contribution in [0.25, 0.3) is 0 Å². The molecule has 0 spiro atoms. The fraction of sp³-hybridized carbons (Fsp3) is 0.600. The van der Waals surface area contributed by atoms with Gasteiger partial charge in [-0.3, -0.25) is 0 Å². The van der Waals surface area contributed by atoms with Gasteiger partial charge in [0, 0.05) is 7.11 Å². The molecular weight excluding hydrogens is 136 g/mol. The lowest BCUT2D eigenvalue weighted by Gasteiger charge is -1.99. The summed E-state index contributed by atoms with van der Waals surface area (Å²) in [5, 5.41) is 0. The third-order valence-electron chi connectivity index (χ3n) is 1.06. The maximum Gasteiger partial charge on any atom is 0.0726 e. The van der Waals surface area contributed by atoms with Crippen LogP contribution in [0.1, 0.15) is 28.7 Å². The van der Waals surface area contributed by atoms with E-state index in [1.807, 2.05) is 38.2 Å². The van der Waals surface area contributed by atoms with Gasteiger partial charge >= 0.3 is 0 Å². The molecule has 0 rings (SSSR count). The van der Waals surface area contributed by atoms with Gasteiger partial charge in [-0.25, -0.2) is 0 Å². The summed E-state index contributed by atoms with van der Waals surface area (Å²) in [5.41, 5.74) is 0. The van der Waals surface area contributed by atoms with Gasteiger partial charge in [0.05, 0.1) is 6.10 Å². The zero-order valence-corrected chi connectivity index (χ0v) is 6.29. The first kappa shape index (κ1) is 16.8. The average molecular weight is 158 g/mol. The maximum atomic E-state index is 4.98. The van der Waals surface area contributed by atoms with E-state index < -0.39 is 0 Å². The highest BCUT2D eigenvalue weighted by Crippen LogP contribution is 1.89. The first-order chi connectivity index (χ1) is 4.31. The fourth-order valence-corrected chi connectivity index (χ4v) is 0.410. The van der Waals surface area contributed by atoms with Crippen molar-refractivity contribution >= 4 is 0 Å². The second-order valence-electron chi connectivity index (χ2n) is 1.85. The average Bonchev–Trinajstić information content (AvgIpc) is 1.89. The number of ether oxygens (including phenoxy) is 1. The Bertz CT molecular complexity index is 103. The molecule has 68 valence electrons. The Morgan fingerprint density at radius 3 is 2.09 bits per heavy atom. The molecule has 0 aliphatic carbocycles. The fourth-order valence-electron chi connectivity index (χ4n) is 0.410. The first-order valence-electron chi connectivity index (χ1n) is 3.13. The zero-order valence-electron chi connectivity index (χ0n) is 6.29. The lowest BCUT2D eigenvalue weighted by molar-refractivity contribution is 0.156. The number of allylic oxidation sites excluding steroid dienone is 3. The third-order valence-corrected chi connectivity index (χ3v) is 1.06. The predicted octanol–water partition coefficient (Wildman–Crippen LogP) is 3.43. The van der Waals surface area contributed by atoms with Gasteiger partial charge in [-0.05, 0) is 13.8 Å². The molecule has 0 fully saturated rings. The van der Waals surface area contributed by atoms with Gasteiger partial charge in [0.2, 0.25) is 0 Å². The highest BCUT2D eigenvalue weighted by Gasteiger charge is 1.86. The summed E-state index contributed by atoms with van der Waals surface area (Å²) in [5.74, 6) is 0. The van der Waals surface area contributed by atoms with Crippen LogP contribution in [0.15, 0.2) is 24.3 Å². The summed E-state index contributed by atoms with van der Waals surface area (Å²) < 4.78 is 4.98. The Balaban J connectivity index is -0.000000320.